The van der Waals surface area contributed by atoms with Crippen LogP contribution in [-0.4, -0.2) is 36.9 Å². The van der Waals surface area contributed by atoms with Gasteiger partial charge in [0.2, 0.25) is 5.91 Å². The zero-order valence-corrected chi connectivity index (χ0v) is 15.5. The van der Waals surface area contributed by atoms with Crippen LogP contribution in [-0.2, 0) is 9.59 Å². The number of nitrogens with zero attached hydrogens (tertiary/aromatic N) is 1. The Morgan fingerprint density at radius 3 is 2.75 bits per heavy atom. The van der Waals surface area contributed by atoms with Crippen molar-refractivity contribution in [2.75, 3.05) is 23.4 Å². The summed E-state index contributed by atoms with van der Waals surface area (Å²) in [7, 11) is 0. The van der Waals surface area contributed by atoms with E-state index in [1.165, 1.54) is 4.90 Å². The first kappa shape index (κ1) is 18.0. The molecule has 0 aromatic heterocycles. The number of ether oxygens (including phenoxy) is 1. The number of carbonyl (C=O) groups excluding carboxylic acids is 3. The van der Waals surface area contributed by atoms with Crippen molar-refractivity contribution >= 4 is 29.1 Å². The van der Waals surface area contributed by atoms with E-state index in [1.807, 2.05) is 13.0 Å². The van der Waals surface area contributed by atoms with Crippen LogP contribution in [0.4, 0.5) is 11.4 Å². The van der Waals surface area contributed by atoms with E-state index in [0.717, 1.165) is 18.4 Å². The second-order valence-corrected chi connectivity index (χ2v) is 7.06. The molecule has 0 spiro atoms. The SMILES string of the molecule is Cc1ccc(C(=O)NC2CC2)cc1NC(=O)CN1C(=O)COc2ccccc21. The molecule has 0 atom stereocenters. The van der Waals surface area contributed by atoms with E-state index in [1.54, 1.807) is 36.4 Å². The smallest absolute Gasteiger partial charge is 0.265 e. The Morgan fingerprint density at radius 1 is 1.18 bits per heavy atom. The topological polar surface area (TPSA) is 87.7 Å². The second kappa shape index (κ2) is 7.34. The summed E-state index contributed by atoms with van der Waals surface area (Å²) < 4.78 is 5.40. The van der Waals surface area contributed by atoms with Gasteiger partial charge in [-0.3, -0.25) is 19.3 Å². The number of aryl methyl sites for hydroxylation is 1. The summed E-state index contributed by atoms with van der Waals surface area (Å²) >= 11 is 0. The van der Waals surface area contributed by atoms with Crippen LogP contribution in [0.2, 0.25) is 0 Å². The number of fused-ring (bicyclic) bond motifs is 1. The van der Waals surface area contributed by atoms with Crippen molar-refractivity contribution in [2.24, 2.45) is 0 Å². The highest BCUT2D eigenvalue weighted by atomic mass is 16.5. The normalized spacial score (nSPS) is 15.5. The molecule has 0 bridgehead atoms. The summed E-state index contributed by atoms with van der Waals surface area (Å²) in [4.78, 5) is 38.5. The molecule has 2 aromatic carbocycles. The Hall–Kier alpha value is -3.35. The van der Waals surface area contributed by atoms with Crippen molar-refractivity contribution in [3.8, 4) is 5.75 Å². The molecule has 144 valence electrons. The number of anilines is 2. The van der Waals surface area contributed by atoms with E-state index in [0.29, 0.717) is 22.7 Å². The van der Waals surface area contributed by atoms with Gasteiger partial charge in [-0.05, 0) is 49.6 Å². The van der Waals surface area contributed by atoms with E-state index < -0.39 is 0 Å². The fourth-order valence-corrected chi connectivity index (χ4v) is 3.05. The molecule has 1 heterocycles. The van der Waals surface area contributed by atoms with Gasteiger partial charge in [0.1, 0.15) is 12.3 Å². The Bertz CT molecular complexity index is 952. The number of nitrogens with one attached hydrogen (secondary N) is 2. The Labute approximate surface area is 162 Å². The van der Waals surface area contributed by atoms with E-state index in [4.69, 9.17) is 4.74 Å². The minimum absolute atomic E-state index is 0.0971. The van der Waals surface area contributed by atoms with Crippen LogP contribution in [0.5, 0.6) is 5.75 Å². The molecule has 2 N–H and O–H groups in total. The molecule has 1 fully saturated rings. The van der Waals surface area contributed by atoms with Crippen LogP contribution < -0.4 is 20.3 Å². The first-order valence-electron chi connectivity index (χ1n) is 9.25. The lowest BCUT2D eigenvalue weighted by atomic mass is 10.1. The lowest BCUT2D eigenvalue weighted by Crippen LogP contribution is -2.43. The van der Waals surface area contributed by atoms with Crippen molar-refractivity contribution in [2.45, 2.75) is 25.8 Å². The maximum Gasteiger partial charge on any atom is 0.265 e. The van der Waals surface area contributed by atoms with Crippen molar-refractivity contribution < 1.29 is 19.1 Å². The zero-order valence-electron chi connectivity index (χ0n) is 15.5. The minimum Gasteiger partial charge on any atom is -0.482 e. The van der Waals surface area contributed by atoms with Gasteiger partial charge in [-0.25, -0.2) is 0 Å². The van der Waals surface area contributed by atoms with Crippen molar-refractivity contribution in [1.82, 2.24) is 5.32 Å². The molecule has 0 saturated heterocycles. The number of para-hydroxylation sites is 2. The molecular formula is C21H21N3O4. The fourth-order valence-electron chi connectivity index (χ4n) is 3.05. The molecular weight excluding hydrogens is 358 g/mol. The lowest BCUT2D eigenvalue weighted by Gasteiger charge is -2.28. The number of hydrogen-bond donors (Lipinski definition) is 2. The first-order valence-corrected chi connectivity index (χ1v) is 9.25. The molecule has 28 heavy (non-hydrogen) atoms. The number of amides is 3. The van der Waals surface area contributed by atoms with E-state index >= 15 is 0 Å². The zero-order chi connectivity index (χ0) is 19.7. The summed E-state index contributed by atoms with van der Waals surface area (Å²) in [5.74, 6) is -0.184. The summed E-state index contributed by atoms with van der Waals surface area (Å²) in [5.41, 5.74) is 2.47. The fraction of sp³-hybridized carbons (Fsp3) is 0.286. The van der Waals surface area contributed by atoms with Crippen LogP contribution in [0.15, 0.2) is 42.5 Å². The third-order valence-corrected chi connectivity index (χ3v) is 4.80. The molecule has 1 aliphatic heterocycles. The van der Waals surface area contributed by atoms with Crippen LogP contribution in [0.1, 0.15) is 28.8 Å². The quantitative estimate of drug-likeness (QED) is 0.834. The summed E-state index contributed by atoms with van der Waals surface area (Å²) in [6.07, 6.45) is 2.02. The van der Waals surface area contributed by atoms with Crippen molar-refractivity contribution in [3.05, 3.63) is 53.6 Å². The predicted octanol–water partition coefficient (Wildman–Crippen LogP) is 2.25. The van der Waals surface area contributed by atoms with Crippen LogP contribution in [0.3, 0.4) is 0 Å². The predicted molar refractivity (Wildman–Crippen MR) is 105 cm³/mol. The minimum atomic E-state index is -0.340. The van der Waals surface area contributed by atoms with Gasteiger partial charge >= 0.3 is 0 Å². The van der Waals surface area contributed by atoms with Gasteiger partial charge in [0.15, 0.2) is 6.61 Å². The Balaban J connectivity index is 1.48. The molecule has 1 aliphatic carbocycles. The molecule has 0 radical (unpaired) electrons. The van der Waals surface area contributed by atoms with Crippen LogP contribution >= 0.6 is 0 Å². The molecule has 7 heteroatoms. The van der Waals surface area contributed by atoms with Crippen LogP contribution in [0, 0.1) is 6.92 Å². The number of hydrogen-bond acceptors (Lipinski definition) is 4. The first-order chi connectivity index (χ1) is 13.5. The van der Waals surface area contributed by atoms with Crippen molar-refractivity contribution in [3.63, 3.8) is 0 Å². The highest BCUT2D eigenvalue weighted by Crippen LogP contribution is 2.31. The highest BCUT2D eigenvalue weighted by Gasteiger charge is 2.27. The highest BCUT2D eigenvalue weighted by molar-refractivity contribution is 6.05. The van der Waals surface area contributed by atoms with Gasteiger partial charge in [0, 0.05) is 17.3 Å². The molecule has 4 rings (SSSR count). The maximum atomic E-state index is 12.6. The second-order valence-electron chi connectivity index (χ2n) is 7.06. The van der Waals surface area contributed by atoms with Gasteiger partial charge in [-0.15, -0.1) is 0 Å². The maximum absolute atomic E-state index is 12.6. The summed E-state index contributed by atoms with van der Waals surface area (Å²) in [6, 6.07) is 12.6. The third-order valence-electron chi connectivity index (χ3n) is 4.80. The van der Waals surface area contributed by atoms with E-state index in [2.05, 4.69) is 10.6 Å². The van der Waals surface area contributed by atoms with Gasteiger partial charge in [0.25, 0.3) is 11.8 Å². The van der Waals surface area contributed by atoms with Gasteiger partial charge < -0.3 is 15.4 Å². The molecule has 2 aliphatic rings. The molecule has 3 amide bonds. The number of carbonyl (C=O) groups is 3. The van der Waals surface area contributed by atoms with Gasteiger partial charge in [0.05, 0.1) is 5.69 Å². The standard InChI is InChI=1S/C21H21N3O4/c1-13-6-7-14(21(27)22-15-8-9-15)10-16(13)23-19(25)11-24-17-4-2-3-5-18(17)28-12-20(24)26/h2-7,10,15H,8-9,11-12H2,1H3,(H,22,27)(H,23,25). The number of benzene rings is 2. The Kier molecular flexibility index (Phi) is 4.73. The molecule has 0 unspecified atom stereocenters. The summed E-state index contributed by atoms with van der Waals surface area (Å²) in [6.45, 7) is 1.63. The van der Waals surface area contributed by atoms with Gasteiger partial charge in [-0.1, -0.05) is 18.2 Å². The van der Waals surface area contributed by atoms with Crippen molar-refractivity contribution in [1.29, 1.82) is 0 Å². The number of rotatable bonds is 5. The monoisotopic (exact) mass is 379 g/mol. The Morgan fingerprint density at radius 2 is 1.96 bits per heavy atom. The summed E-state index contributed by atoms with van der Waals surface area (Å²) in [5, 5.41) is 5.75. The van der Waals surface area contributed by atoms with E-state index in [9.17, 15) is 14.4 Å². The van der Waals surface area contributed by atoms with Gasteiger partial charge in [-0.2, -0.15) is 0 Å². The van der Waals surface area contributed by atoms with Crippen LogP contribution in [0.25, 0.3) is 0 Å². The average molecular weight is 379 g/mol. The molecule has 2 aromatic rings. The largest absolute Gasteiger partial charge is 0.482 e. The average Bonchev–Trinajstić information content (AvgIpc) is 3.50. The van der Waals surface area contributed by atoms with E-state index in [-0.39, 0.29) is 36.9 Å². The molecule has 7 nitrogen and oxygen atoms in total. The lowest BCUT2D eigenvalue weighted by molar-refractivity contribution is -0.123. The third kappa shape index (κ3) is 3.83. The molecule has 1 saturated carbocycles.